The average Bonchev–Trinajstić information content (AvgIpc) is 2.86. The zero-order chi connectivity index (χ0) is 14.1. The van der Waals surface area contributed by atoms with Gasteiger partial charge >= 0.3 is 0 Å². The summed E-state index contributed by atoms with van der Waals surface area (Å²) < 4.78 is 28.1. The van der Waals surface area contributed by atoms with Crippen LogP contribution in [0.4, 0.5) is 14.5 Å². The van der Waals surface area contributed by atoms with E-state index in [-0.39, 0.29) is 11.4 Å². The Morgan fingerprint density at radius 3 is 2.85 bits per heavy atom. The number of nitrogens with one attached hydrogen (secondary N) is 1. The van der Waals surface area contributed by atoms with Crippen molar-refractivity contribution in [2.75, 3.05) is 5.32 Å². The summed E-state index contributed by atoms with van der Waals surface area (Å²) in [4.78, 5) is 12.0. The number of aryl methyl sites for hydroxylation is 2. The van der Waals surface area contributed by atoms with Gasteiger partial charge in [0.05, 0.1) is 5.69 Å². The van der Waals surface area contributed by atoms with Gasteiger partial charge in [0.1, 0.15) is 11.6 Å². The van der Waals surface area contributed by atoms with Crippen molar-refractivity contribution in [3.8, 4) is 0 Å². The lowest BCUT2D eigenvalue weighted by atomic mass is 10.1. The van der Waals surface area contributed by atoms with Gasteiger partial charge in [-0.1, -0.05) is 0 Å². The number of hydrogen-bond donors (Lipinski definition) is 1. The van der Waals surface area contributed by atoms with Crippen molar-refractivity contribution >= 4 is 11.6 Å². The van der Waals surface area contributed by atoms with E-state index in [1.165, 1.54) is 6.07 Å². The van der Waals surface area contributed by atoms with Crippen LogP contribution in [0.3, 0.4) is 0 Å². The van der Waals surface area contributed by atoms with Gasteiger partial charge < -0.3 is 5.32 Å². The van der Waals surface area contributed by atoms with E-state index in [2.05, 4.69) is 10.4 Å². The van der Waals surface area contributed by atoms with Gasteiger partial charge in [0.15, 0.2) is 5.69 Å². The second kappa shape index (κ2) is 5.03. The van der Waals surface area contributed by atoms with Crippen molar-refractivity contribution in [2.24, 2.45) is 0 Å². The number of rotatable bonds is 2. The average molecular weight is 277 g/mol. The fraction of sp³-hybridized carbons (Fsp3) is 0.286. The van der Waals surface area contributed by atoms with E-state index in [4.69, 9.17) is 0 Å². The SMILES string of the molecule is O=C(Nc1ccc(F)cc1F)c1cc2n(n1)CCCC2. The molecule has 0 atom stereocenters. The van der Waals surface area contributed by atoms with Crippen molar-refractivity contribution in [1.29, 1.82) is 0 Å². The highest BCUT2D eigenvalue weighted by molar-refractivity contribution is 6.03. The van der Waals surface area contributed by atoms with E-state index in [0.717, 1.165) is 43.6 Å². The topological polar surface area (TPSA) is 46.9 Å². The minimum atomic E-state index is -0.803. The maximum atomic E-state index is 13.5. The van der Waals surface area contributed by atoms with E-state index < -0.39 is 17.5 Å². The fourth-order valence-electron chi connectivity index (χ4n) is 2.31. The summed E-state index contributed by atoms with van der Waals surface area (Å²) >= 11 is 0. The lowest BCUT2D eigenvalue weighted by Crippen LogP contribution is -2.15. The molecule has 0 unspecified atom stereocenters. The molecule has 2 aromatic rings. The van der Waals surface area contributed by atoms with Crippen LogP contribution in [0.2, 0.25) is 0 Å². The van der Waals surface area contributed by atoms with E-state index in [1.807, 2.05) is 0 Å². The van der Waals surface area contributed by atoms with Crippen LogP contribution in [-0.2, 0) is 13.0 Å². The number of carbonyl (C=O) groups excluding carboxylic acids is 1. The van der Waals surface area contributed by atoms with Crippen LogP contribution in [0.5, 0.6) is 0 Å². The minimum Gasteiger partial charge on any atom is -0.318 e. The highest BCUT2D eigenvalue weighted by Crippen LogP contribution is 2.18. The molecule has 4 nitrogen and oxygen atoms in total. The van der Waals surface area contributed by atoms with Gasteiger partial charge in [-0.25, -0.2) is 8.78 Å². The van der Waals surface area contributed by atoms with E-state index in [9.17, 15) is 13.6 Å². The predicted molar refractivity (Wildman–Crippen MR) is 69.5 cm³/mol. The van der Waals surface area contributed by atoms with Crippen LogP contribution < -0.4 is 5.32 Å². The Balaban J connectivity index is 1.80. The Bertz CT molecular complexity index is 643. The van der Waals surface area contributed by atoms with E-state index >= 15 is 0 Å². The highest BCUT2D eigenvalue weighted by atomic mass is 19.1. The first-order valence-corrected chi connectivity index (χ1v) is 6.46. The second-order valence-corrected chi connectivity index (χ2v) is 4.78. The normalized spacial score (nSPS) is 13.9. The van der Waals surface area contributed by atoms with Crippen molar-refractivity contribution in [1.82, 2.24) is 9.78 Å². The first kappa shape index (κ1) is 12.8. The minimum absolute atomic E-state index is 0.0534. The molecule has 0 saturated carbocycles. The van der Waals surface area contributed by atoms with Gasteiger partial charge in [0.2, 0.25) is 0 Å². The number of nitrogens with zero attached hydrogens (tertiary/aromatic N) is 2. The summed E-state index contributed by atoms with van der Waals surface area (Å²) in [6.07, 6.45) is 3.02. The molecule has 1 N–H and O–H groups in total. The number of carbonyl (C=O) groups is 1. The lowest BCUT2D eigenvalue weighted by Gasteiger charge is -2.11. The number of fused-ring (bicyclic) bond motifs is 1. The second-order valence-electron chi connectivity index (χ2n) is 4.78. The molecule has 1 aliphatic heterocycles. The standard InChI is InChI=1S/C14H13F2N3O/c15-9-4-5-12(11(16)7-9)17-14(20)13-8-10-3-1-2-6-19(10)18-13/h4-5,7-8H,1-3,6H2,(H,17,20). The molecule has 6 heteroatoms. The number of hydrogen-bond acceptors (Lipinski definition) is 2. The number of anilines is 1. The Morgan fingerprint density at radius 1 is 1.25 bits per heavy atom. The summed E-state index contributed by atoms with van der Waals surface area (Å²) in [5, 5.41) is 6.61. The molecule has 1 aliphatic rings. The number of amides is 1. The molecule has 2 heterocycles. The predicted octanol–water partition coefficient (Wildman–Crippen LogP) is 2.75. The monoisotopic (exact) mass is 277 g/mol. The van der Waals surface area contributed by atoms with Gasteiger partial charge in [-0.15, -0.1) is 0 Å². The van der Waals surface area contributed by atoms with Crippen LogP contribution in [-0.4, -0.2) is 15.7 Å². The van der Waals surface area contributed by atoms with Gasteiger partial charge in [-0.05, 0) is 37.5 Å². The molecule has 20 heavy (non-hydrogen) atoms. The van der Waals surface area contributed by atoms with Crippen molar-refractivity contribution in [3.63, 3.8) is 0 Å². The smallest absolute Gasteiger partial charge is 0.276 e. The van der Waals surface area contributed by atoms with E-state index in [1.54, 1.807) is 10.7 Å². The van der Waals surface area contributed by atoms with Gasteiger partial charge in [0, 0.05) is 18.3 Å². The zero-order valence-electron chi connectivity index (χ0n) is 10.7. The Hall–Kier alpha value is -2.24. The van der Waals surface area contributed by atoms with Crippen LogP contribution in [0.15, 0.2) is 24.3 Å². The highest BCUT2D eigenvalue weighted by Gasteiger charge is 2.17. The molecule has 0 radical (unpaired) electrons. The molecule has 0 bridgehead atoms. The molecule has 0 spiro atoms. The molecule has 0 fully saturated rings. The maximum absolute atomic E-state index is 13.5. The molecule has 0 saturated heterocycles. The molecule has 3 rings (SSSR count). The van der Waals surface area contributed by atoms with Crippen molar-refractivity contribution in [2.45, 2.75) is 25.8 Å². The summed E-state index contributed by atoms with van der Waals surface area (Å²) in [6, 6.07) is 4.74. The quantitative estimate of drug-likeness (QED) is 0.917. The third-order valence-corrected chi connectivity index (χ3v) is 3.33. The Labute approximate surface area is 114 Å². The maximum Gasteiger partial charge on any atom is 0.276 e. The van der Waals surface area contributed by atoms with Gasteiger partial charge in [-0.2, -0.15) is 5.10 Å². The molecular formula is C14H13F2N3O. The van der Waals surface area contributed by atoms with Gasteiger partial charge in [0.25, 0.3) is 5.91 Å². The van der Waals surface area contributed by atoms with Crippen molar-refractivity contribution < 1.29 is 13.6 Å². The van der Waals surface area contributed by atoms with E-state index in [0.29, 0.717) is 0 Å². The fourth-order valence-corrected chi connectivity index (χ4v) is 2.31. The first-order valence-electron chi connectivity index (χ1n) is 6.46. The third kappa shape index (κ3) is 2.41. The Kier molecular flexibility index (Phi) is 3.22. The summed E-state index contributed by atoms with van der Waals surface area (Å²) in [7, 11) is 0. The first-order chi connectivity index (χ1) is 9.63. The summed E-state index contributed by atoms with van der Waals surface area (Å²) in [6.45, 7) is 0.799. The summed E-state index contributed by atoms with van der Waals surface area (Å²) in [5.74, 6) is -1.97. The Morgan fingerprint density at radius 2 is 2.10 bits per heavy atom. The van der Waals surface area contributed by atoms with Crippen LogP contribution in [0.1, 0.15) is 29.0 Å². The van der Waals surface area contributed by atoms with Crippen molar-refractivity contribution in [3.05, 3.63) is 47.3 Å². The third-order valence-electron chi connectivity index (χ3n) is 3.33. The van der Waals surface area contributed by atoms with Crippen LogP contribution in [0.25, 0.3) is 0 Å². The van der Waals surface area contributed by atoms with Crippen LogP contribution in [0, 0.1) is 11.6 Å². The zero-order valence-corrected chi connectivity index (χ0v) is 10.7. The number of aromatic nitrogens is 2. The molecule has 0 aliphatic carbocycles. The largest absolute Gasteiger partial charge is 0.318 e. The molecule has 104 valence electrons. The van der Waals surface area contributed by atoms with Gasteiger partial charge in [-0.3, -0.25) is 9.48 Å². The molecule has 1 amide bonds. The molecule has 1 aromatic heterocycles. The lowest BCUT2D eigenvalue weighted by molar-refractivity contribution is 0.102. The number of benzene rings is 1. The number of halogens is 2. The van der Waals surface area contributed by atoms with Crippen LogP contribution >= 0.6 is 0 Å². The summed E-state index contributed by atoms with van der Waals surface area (Å²) in [5.41, 5.74) is 1.22. The molecular weight excluding hydrogens is 264 g/mol. The molecule has 1 aromatic carbocycles.